The second kappa shape index (κ2) is 4.76. The zero-order valence-corrected chi connectivity index (χ0v) is 9.37. The Balaban J connectivity index is 2.17. The van der Waals surface area contributed by atoms with Gasteiger partial charge in [0.2, 0.25) is 0 Å². The molecule has 1 fully saturated rings. The number of nitrogens with zero attached hydrogens (tertiary/aromatic N) is 3. The zero-order valence-electron chi connectivity index (χ0n) is 9.37. The van der Waals surface area contributed by atoms with Gasteiger partial charge in [-0.15, -0.1) is 5.10 Å². The van der Waals surface area contributed by atoms with Crippen LogP contribution in [0.15, 0.2) is 12.1 Å². The maximum absolute atomic E-state index is 9.34. The Morgan fingerprint density at radius 3 is 2.75 bits per heavy atom. The molecule has 0 spiro atoms. The number of aliphatic hydroxyl groups is 2. The Hall–Kier alpha value is -1.20. The molecule has 2 N–H and O–H groups in total. The Labute approximate surface area is 94.7 Å². The van der Waals surface area contributed by atoms with Crippen LogP contribution in [0.3, 0.4) is 0 Å². The van der Waals surface area contributed by atoms with Crippen molar-refractivity contribution in [2.75, 3.05) is 18.1 Å². The lowest BCUT2D eigenvalue weighted by Gasteiger charge is -2.25. The number of hydrogen-bond donors (Lipinski definition) is 2. The molecule has 0 radical (unpaired) electrons. The average molecular weight is 223 g/mol. The van der Waals surface area contributed by atoms with Crippen molar-refractivity contribution < 1.29 is 10.2 Å². The van der Waals surface area contributed by atoms with Crippen molar-refractivity contribution in [3.8, 4) is 0 Å². The van der Waals surface area contributed by atoms with Gasteiger partial charge in [-0.25, -0.2) is 0 Å². The highest BCUT2D eigenvalue weighted by molar-refractivity contribution is 5.40. The third-order valence-corrected chi connectivity index (χ3v) is 3.23. The highest BCUT2D eigenvalue weighted by atomic mass is 16.3. The summed E-state index contributed by atoms with van der Waals surface area (Å²) >= 11 is 0. The Morgan fingerprint density at radius 1 is 1.38 bits per heavy atom. The molecule has 16 heavy (non-hydrogen) atoms. The summed E-state index contributed by atoms with van der Waals surface area (Å²) in [7, 11) is 0. The summed E-state index contributed by atoms with van der Waals surface area (Å²) in [6.45, 7) is 3.09. The van der Waals surface area contributed by atoms with Crippen LogP contribution in [0.1, 0.15) is 19.0 Å². The quantitative estimate of drug-likeness (QED) is 0.764. The van der Waals surface area contributed by atoms with E-state index in [-0.39, 0.29) is 19.3 Å². The van der Waals surface area contributed by atoms with E-state index in [1.54, 1.807) is 6.07 Å². The first-order chi connectivity index (χ1) is 7.76. The van der Waals surface area contributed by atoms with E-state index in [1.165, 1.54) is 0 Å². The Morgan fingerprint density at radius 2 is 2.19 bits per heavy atom. The third-order valence-electron chi connectivity index (χ3n) is 3.23. The van der Waals surface area contributed by atoms with Gasteiger partial charge in [-0.1, -0.05) is 6.92 Å². The number of aromatic nitrogens is 2. The molecule has 1 aliphatic rings. The fourth-order valence-corrected chi connectivity index (χ4v) is 2.16. The maximum Gasteiger partial charge on any atom is 0.151 e. The molecule has 2 unspecified atom stereocenters. The highest BCUT2D eigenvalue weighted by Crippen LogP contribution is 2.27. The van der Waals surface area contributed by atoms with Crippen LogP contribution in [0.4, 0.5) is 5.82 Å². The van der Waals surface area contributed by atoms with Crippen LogP contribution in [-0.2, 0) is 6.61 Å². The minimum absolute atomic E-state index is 0.0902. The lowest BCUT2D eigenvalue weighted by molar-refractivity contribution is 0.244. The standard InChI is InChI=1S/C11H17N3O2/c1-8-4-5-14(10(8)7-16)11-3-2-9(6-15)12-13-11/h2-3,8,10,15-16H,4-7H2,1H3. The number of anilines is 1. The molecule has 0 bridgehead atoms. The van der Waals surface area contributed by atoms with Crippen LogP contribution in [0.2, 0.25) is 0 Å². The number of rotatable bonds is 3. The second-order valence-electron chi connectivity index (χ2n) is 4.25. The molecule has 1 aliphatic heterocycles. The molecule has 1 aromatic heterocycles. The molecular weight excluding hydrogens is 206 g/mol. The van der Waals surface area contributed by atoms with Crippen LogP contribution < -0.4 is 4.90 Å². The Kier molecular flexibility index (Phi) is 3.36. The van der Waals surface area contributed by atoms with E-state index in [0.717, 1.165) is 18.8 Å². The van der Waals surface area contributed by atoms with Gasteiger partial charge in [0.1, 0.15) is 0 Å². The van der Waals surface area contributed by atoms with Crippen LogP contribution in [0.25, 0.3) is 0 Å². The van der Waals surface area contributed by atoms with Crippen LogP contribution in [-0.4, -0.2) is 39.6 Å². The van der Waals surface area contributed by atoms with Crippen molar-refractivity contribution in [2.45, 2.75) is 26.0 Å². The highest BCUT2D eigenvalue weighted by Gasteiger charge is 2.31. The molecule has 2 atom stereocenters. The number of aliphatic hydroxyl groups excluding tert-OH is 2. The summed E-state index contributed by atoms with van der Waals surface area (Å²) in [5, 5.41) is 26.2. The lowest BCUT2D eigenvalue weighted by Crippen LogP contribution is -2.35. The first kappa shape index (κ1) is 11.3. The predicted molar refractivity (Wildman–Crippen MR) is 60.0 cm³/mol. The Bertz CT molecular complexity index is 342. The van der Waals surface area contributed by atoms with Gasteiger partial charge in [0.05, 0.1) is 24.9 Å². The fraction of sp³-hybridized carbons (Fsp3) is 0.636. The molecular formula is C11H17N3O2. The minimum atomic E-state index is -0.0902. The van der Waals surface area contributed by atoms with Crippen molar-refractivity contribution in [3.63, 3.8) is 0 Å². The molecule has 0 saturated carbocycles. The van der Waals surface area contributed by atoms with Crippen LogP contribution >= 0.6 is 0 Å². The van der Waals surface area contributed by atoms with E-state index in [2.05, 4.69) is 22.0 Å². The molecule has 1 aromatic rings. The summed E-state index contributed by atoms with van der Waals surface area (Å²) in [5.74, 6) is 1.25. The average Bonchev–Trinajstić information content (AvgIpc) is 2.70. The van der Waals surface area contributed by atoms with Gasteiger partial charge in [0.25, 0.3) is 0 Å². The summed E-state index contributed by atoms with van der Waals surface area (Å²) in [5.41, 5.74) is 0.566. The van der Waals surface area contributed by atoms with E-state index in [4.69, 9.17) is 5.11 Å². The maximum atomic E-state index is 9.34. The van der Waals surface area contributed by atoms with Gasteiger partial charge in [-0.2, -0.15) is 5.10 Å². The molecule has 5 nitrogen and oxygen atoms in total. The van der Waals surface area contributed by atoms with Gasteiger partial charge in [-0.3, -0.25) is 0 Å². The molecule has 0 amide bonds. The van der Waals surface area contributed by atoms with Crippen LogP contribution in [0, 0.1) is 5.92 Å². The molecule has 1 saturated heterocycles. The summed E-state index contributed by atoms with van der Waals surface area (Å²) < 4.78 is 0. The summed E-state index contributed by atoms with van der Waals surface area (Å²) in [4.78, 5) is 2.08. The van der Waals surface area contributed by atoms with E-state index in [9.17, 15) is 5.11 Å². The van der Waals surface area contributed by atoms with Gasteiger partial charge >= 0.3 is 0 Å². The van der Waals surface area contributed by atoms with Crippen LogP contribution in [0.5, 0.6) is 0 Å². The van der Waals surface area contributed by atoms with Crippen molar-refractivity contribution in [3.05, 3.63) is 17.8 Å². The predicted octanol–water partition coefficient (Wildman–Crippen LogP) is 0.176. The van der Waals surface area contributed by atoms with Gasteiger partial charge in [-0.05, 0) is 24.5 Å². The third kappa shape index (κ3) is 2.01. The van der Waals surface area contributed by atoms with Gasteiger partial charge in [0, 0.05) is 6.54 Å². The second-order valence-corrected chi connectivity index (χ2v) is 4.25. The normalized spacial score (nSPS) is 25.1. The van der Waals surface area contributed by atoms with E-state index in [1.807, 2.05) is 6.07 Å². The zero-order chi connectivity index (χ0) is 11.5. The molecule has 2 rings (SSSR count). The summed E-state index contributed by atoms with van der Waals surface area (Å²) in [6, 6.07) is 3.74. The lowest BCUT2D eigenvalue weighted by atomic mass is 10.0. The van der Waals surface area contributed by atoms with Crippen molar-refractivity contribution in [2.24, 2.45) is 5.92 Å². The molecule has 2 heterocycles. The van der Waals surface area contributed by atoms with Crippen molar-refractivity contribution in [1.82, 2.24) is 10.2 Å². The van der Waals surface area contributed by atoms with Gasteiger partial charge < -0.3 is 15.1 Å². The molecule has 0 aromatic carbocycles. The van der Waals surface area contributed by atoms with Crippen molar-refractivity contribution in [1.29, 1.82) is 0 Å². The van der Waals surface area contributed by atoms with E-state index < -0.39 is 0 Å². The summed E-state index contributed by atoms with van der Waals surface area (Å²) in [6.07, 6.45) is 1.06. The van der Waals surface area contributed by atoms with Gasteiger partial charge in [0.15, 0.2) is 5.82 Å². The molecule has 0 aliphatic carbocycles. The fourth-order valence-electron chi connectivity index (χ4n) is 2.16. The van der Waals surface area contributed by atoms with E-state index in [0.29, 0.717) is 11.6 Å². The number of hydrogen-bond acceptors (Lipinski definition) is 5. The topological polar surface area (TPSA) is 69.5 Å². The minimum Gasteiger partial charge on any atom is -0.394 e. The monoisotopic (exact) mass is 223 g/mol. The first-order valence-electron chi connectivity index (χ1n) is 5.57. The smallest absolute Gasteiger partial charge is 0.151 e. The van der Waals surface area contributed by atoms with Crippen molar-refractivity contribution >= 4 is 5.82 Å². The molecule has 5 heteroatoms. The van der Waals surface area contributed by atoms with E-state index >= 15 is 0 Å². The first-order valence-corrected chi connectivity index (χ1v) is 5.57. The largest absolute Gasteiger partial charge is 0.394 e. The SMILES string of the molecule is CC1CCN(c2ccc(CO)nn2)C1CO. The molecule has 88 valence electrons.